The number of nitrogens with one attached hydrogen (secondary N) is 1. The number of hydrogen-bond donors (Lipinski definition) is 1. The highest BCUT2D eigenvalue weighted by Crippen LogP contribution is 2.22. The first-order valence-electron chi connectivity index (χ1n) is 10.9. The smallest absolute Gasteiger partial charge is 0.251 e. The summed E-state index contributed by atoms with van der Waals surface area (Å²) in [6.45, 7) is 5.18. The Hall–Kier alpha value is -3.18. The van der Waals surface area contributed by atoms with Crippen LogP contribution < -0.4 is 10.1 Å². The van der Waals surface area contributed by atoms with Crippen LogP contribution in [0.15, 0.2) is 66.7 Å². The summed E-state index contributed by atoms with van der Waals surface area (Å²) in [5, 5.41) is 3.01. The van der Waals surface area contributed by atoms with Gasteiger partial charge in [0.25, 0.3) is 5.91 Å². The second-order valence-corrected chi connectivity index (χ2v) is 8.02. The van der Waals surface area contributed by atoms with Gasteiger partial charge in [-0.15, -0.1) is 0 Å². The molecule has 168 valence electrons. The van der Waals surface area contributed by atoms with Crippen LogP contribution in [0.25, 0.3) is 0 Å². The van der Waals surface area contributed by atoms with E-state index in [0.717, 1.165) is 29.5 Å². The summed E-state index contributed by atoms with van der Waals surface area (Å²) in [5.74, 6) is 1.36. The van der Waals surface area contributed by atoms with Gasteiger partial charge in [0.15, 0.2) is 0 Å². The van der Waals surface area contributed by atoms with Crippen molar-refractivity contribution in [2.24, 2.45) is 5.92 Å². The van der Waals surface area contributed by atoms with E-state index >= 15 is 0 Å². The van der Waals surface area contributed by atoms with Gasteiger partial charge in [0.2, 0.25) is 0 Å². The Morgan fingerprint density at radius 3 is 2.22 bits per heavy atom. The summed E-state index contributed by atoms with van der Waals surface area (Å²) in [4.78, 5) is 12.9. The molecule has 1 atom stereocenters. The molecule has 0 saturated heterocycles. The molecule has 3 rings (SSSR count). The Kier molecular flexibility index (Phi) is 8.40. The third-order valence-electron chi connectivity index (χ3n) is 5.43. The van der Waals surface area contributed by atoms with Gasteiger partial charge in [0, 0.05) is 19.2 Å². The number of halogens is 1. The van der Waals surface area contributed by atoms with Crippen LogP contribution in [0.5, 0.6) is 11.5 Å². The highest BCUT2D eigenvalue weighted by Gasteiger charge is 2.13. The molecule has 0 bridgehead atoms. The predicted octanol–water partition coefficient (Wildman–Crippen LogP) is 6.28. The zero-order valence-corrected chi connectivity index (χ0v) is 18.9. The van der Waals surface area contributed by atoms with Gasteiger partial charge >= 0.3 is 0 Å². The molecule has 5 heteroatoms. The molecule has 4 nitrogen and oxygen atoms in total. The Morgan fingerprint density at radius 2 is 1.59 bits per heavy atom. The van der Waals surface area contributed by atoms with E-state index in [-0.39, 0.29) is 11.7 Å². The Morgan fingerprint density at radius 1 is 0.969 bits per heavy atom. The zero-order chi connectivity index (χ0) is 22.9. The molecule has 3 aromatic rings. The van der Waals surface area contributed by atoms with E-state index in [1.807, 2.05) is 36.4 Å². The average molecular weight is 436 g/mol. The molecule has 0 saturated carbocycles. The molecule has 0 spiro atoms. The Bertz CT molecular complexity index is 1020. The lowest BCUT2D eigenvalue weighted by Gasteiger charge is -2.14. The molecule has 0 unspecified atom stereocenters. The fourth-order valence-corrected chi connectivity index (χ4v) is 3.38. The van der Waals surface area contributed by atoms with Crippen LogP contribution in [0.4, 0.5) is 4.39 Å². The van der Waals surface area contributed by atoms with Crippen LogP contribution in [0.3, 0.4) is 0 Å². The first kappa shape index (κ1) is 23.5. The number of ether oxygens (including phenoxy) is 2. The molecule has 32 heavy (non-hydrogen) atoms. The van der Waals surface area contributed by atoms with Crippen molar-refractivity contribution in [2.75, 3.05) is 7.11 Å². The van der Waals surface area contributed by atoms with Crippen LogP contribution in [0.1, 0.15) is 47.3 Å². The van der Waals surface area contributed by atoms with Crippen molar-refractivity contribution in [2.45, 2.75) is 39.8 Å². The number of rotatable bonds is 10. The second kappa shape index (κ2) is 11.4. The summed E-state index contributed by atoms with van der Waals surface area (Å²) in [7, 11) is 1.63. The summed E-state index contributed by atoms with van der Waals surface area (Å²) in [6.07, 6.45) is 2.04. The maximum atomic E-state index is 13.0. The molecule has 0 aliphatic heterocycles. The molecule has 0 aromatic heterocycles. The van der Waals surface area contributed by atoms with Gasteiger partial charge in [0.05, 0.1) is 6.61 Å². The normalized spacial score (nSPS) is 11.8. The summed E-state index contributed by atoms with van der Waals surface area (Å²) in [5.41, 5.74) is 3.64. The Balaban J connectivity index is 1.64. The topological polar surface area (TPSA) is 47.6 Å². The van der Waals surface area contributed by atoms with Gasteiger partial charge in [0.1, 0.15) is 17.3 Å². The van der Waals surface area contributed by atoms with E-state index in [2.05, 4.69) is 25.2 Å². The van der Waals surface area contributed by atoms with E-state index in [1.165, 1.54) is 12.1 Å². The van der Waals surface area contributed by atoms with Crippen molar-refractivity contribution in [3.63, 3.8) is 0 Å². The van der Waals surface area contributed by atoms with Crippen LogP contribution in [0.2, 0.25) is 0 Å². The quantitative estimate of drug-likeness (QED) is 0.407. The van der Waals surface area contributed by atoms with E-state index in [1.54, 1.807) is 19.2 Å². The minimum Gasteiger partial charge on any atom is -0.457 e. The van der Waals surface area contributed by atoms with Crippen LogP contribution in [-0.4, -0.2) is 13.0 Å². The number of benzene rings is 3. The molecule has 0 aliphatic carbocycles. The van der Waals surface area contributed by atoms with Gasteiger partial charge in [-0.1, -0.05) is 44.5 Å². The minimum atomic E-state index is -0.303. The van der Waals surface area contributed by atoms with Gasteiger partial charge < -0.3 is 14.8 Å². The monoisotopic (exact) mass is 435 g/mol. The van der Waals surface area contributed by atoms with Crippen molar-refractivity contribution in [3.05, 3.63) is 94.8 Å². The number of carbonyl (C=O) groups is 1. The van der Waals surface area contributed by atoms with Crippen molar-refractivity contribution in [1.29, 1.82) is 0 Å². The lowest BCUT2D eigenvalue weighted by Crippen LogP contribution is -2.24. The minimum absolute atomic E-state index is 0.116. The zero-order valence-electron chi connectivity index (χ0n) is 18.9. The third kappa shape index (κ3) is 6.66. The summed E-state index contributed by atoms with van der Waals surface area (Å²) >= 11 is 0. The maximum absolute atomic E-state index is 13.0. The highest BCUT2D eigenvalue weighted by molar-refractivity contribution is 5.95. The van der Waals surface area contributed by atoms with Gasteiger partial charge in [-0.05, 0) is 71.5 Å². The lowest BCUT2D eigenvalue weighted by molar-refractivity contribution is 0.0946. The third-order valence-corrected chi connectivity index (χ3v) is 5.43. The standard InChI is InChI=1S/C27H30FNO3/c1-4-19(2)15-21-5-8-22(18-31-3)26(16-21)27(30)29-17-20-6-11-24(12-7-20)32-25-13-9-23(28)10-14-25/h5-14,16,19H,4,15,17-18H2,1-3H3,(H,29,30)/t19-/m1/s1. The van der Waals surface area contributed by atoms with Crippen LogP contribution in [0, 0.1) is 11.7 Å². The number of amides is 1. The summed E-state index contributed by atoms with van der Waals surface area (Å²) < 4.78 is 24.0. The van der Waals surface area contributed by atoms with E-state index < -0.39 is 0 Å². The molecule has 0 fully saturated rings. The van der Waals surface area contributed by atoms with Crippen molar-refractivity contribution < 1.29 is 18.7 Å². The van der Waals surface area contributed by atoms with E-state index in [0.29, 0.717) is 36.1 Å². The number of methoxy groups -OCH3 is 1. The maximum Gasteiger partial charge on any atom is 0.251 e. The first-order chi connectivity index (χ1) is 15.5. The van der Waals surface area contributed by atoms with Gasteiger partial charge in [-0.25, -0.2) is 4.39 Å². The molecule has 1 N–H and O–H groups in total. The fraction of sp³-hybridized carbons (Fsp3) is 0.296. The molecule has 3 aromatic carbocycles. The number of hydrogen-bond acceptors (Lipinski definition) is 3. The van der Waals surface area contributed by atoms with E-state index in [4.69, 9.17) is 9.47 Å². The van der Waals surface area contributed by atoms with Gasteiger partial charge in [-0.3, -0.25) is 4.79 Å². The van der Waals surface area contributed by atoms with Gasteiger partial charge in [-0.2, -0.15) is 0 Å². The highest BCUT2D eigenvalue weighted by atomic mass is 19.1. The average Bonchev–Trinajstić information content (AvgIpc) is 2.81. The molecular weight excluding hydrogens is 405 g/mol. The van der Waals surface area contributed by atoms with Crippen LogP contribution in [-0.2, 0) is 24.3 Å². The number of carbonyl (C=O) groups excluding carboxylic acids is 1. The molecule has 0 heterocycles. The predicted molar refractivity (Wildman–Crippen MR) is 124 cm³/mol. The van der Waals surface area contributed by atoms with Crippen LogP contribution >= 0.6 is 0 Å². The lowest BCUT2D eigenvalue weighted by atomic mass is 9.95. The van der Waals surface area contributed by atoms with Crippen molar-refractivity contribution >= 4 is 5.91 Å². The summed E-state index contributed by atoms with van der Waals surface area (Å²) in [6, 6.07) is 19.4. The van der Waals surface area contributed by atoms with E-state index in [9.17, 15) is 9.18 Å². The molecule has 0 aliphatic rings. The largest absolute Gasteiger partial charge is 0.457 e. The molecule has 0 radical (unpaired) electrons. The van der Waals surface area contributed by atoms with Crippen molar-refractivity contribution in [3.8, 4) is 11.5 Å². The SMILES string of the molecule is CC[C@@H](C)Cc1ccc(COC)c(C(=O)NCc2ccc(Oc3ccc(F)cc3)cc2)c1. The first-order valence-corrected chi connectivity index (χ1v) is 10.9. The second-order valence-electron chi connectivity index (χ2n) is 8.02. The van der Waals surface area contributed by atoms with Crippen molar-refractivity contribution in [1.82, 2.24) is 5.32 Å². The Labute approximate surface area is 189 Å². The molecule has 1 amide bonds. The fourth-order valence-electron chi connectivity index (χ4n) is 3.38. The molecular formula is C27H30FNO3.